The first-order chi connectivity index (χ1) is 4.10. The van der Waals surface area contributed by atoms with Crippen LogP contribution in [0.15, 0.2) is 23.4 Å². The van der Waals surface area contributed by atoms with Crippen LogP contribution in [0.4, 0.5) is 0 Å². The van der Waals surface area contributed by atoms with E-state index < -0.39 is 5.12 Å². The molecule has 0 spiro atoms. The molecule has 0 saturated carbocycles. The first-order valence-electron chi connectivity index (χ1n) is 2.40. The van der Waals surface area contributed by atoms with E-state index in [0.717, 1.165) is 0 Å². The Morgan fingerprint density at radius 2 is 2.33 bits per heavy atom. The van der Waals surface area contributed by atoms with Crippen LogP contribution in [0.3, 0.4) is 0 Å². The standard InChI is InChI=1S/C5H6Cl2N2/c6-4-1-2-5(7,8)9-3-4/h1-3,9H,8H2. The highest BCUT2D eigenvalue weighted by Gasteiger charge is 2.16. The summed E-state index contributed by atoms with van der Waals surface area (Å²) in [5.41, 5.74) is 5.40. The van der Waals surface area contributed by atoms with Crippen molar-refractivity contribution < 1.29 is 0 Å². The maximum atomic E-state index is 5.61. The molecular weight excluding hydrogens is 159 g/mol. The van der Waals surface area contributed by atoms with E-state index >= 15 is 0 Å². The van der Waals surface area contributed by atoms with Gasteiger partial charge in [-0.1, -0.05) is 23.2 Å². The minimum atomic E-state index is -0.960. The van der Waals surface area contributed by atoms with Crippen molar-refractivity contribution >= 4 is 23.2 Å². The Bertz CT molecular complexity index is 172. The average molecular weight is 165 g/mol. The highest BCUT2D eigenvalue weighted by molar-refractivity contribution is 6.32. The highest BCUT2D eigenvalue weighted by atomic mass is 35.5. The molecule has 0 aromatic heterocycles. The molecule has 0 saturated heterocycles. The predicted octanol–water partition coefficient (Wildman–Crippen LogP) is 1.08. The summed E-state index contributed by atoms with van der Waals surface area (Å²) in [6.45, 7) is 0. The first kappa shape index (κ1) is 6.93. The van der Waals surface area contributed by atoms with Crippen molar-refractivity contribution in [3.63, 3.8) is 0 Å². The molecule has 0 aromatic rings. The van der Waals surface area contributed by atoms with Gasteiger partial charge in [0.2, 0.25) is 0 Å². The van der Waals surface area contributed by atoms with Gasteiger partial charge in [-0.25, -0.2) is 0 Å². The molecule has 1 aliphatic heterocycles. The van der Waals surface area contributed by atoms with E-state index in [9.17, 15) is 0 Å². The SMILES string of the molecule is NC1(Cl)C=CC(Cl)=CN1. The molecule has 1 rings (SSSR count). The number of rotatable bonds is 0. The Kier molecular flexibility index (Phi) is 1.70. The molecule has 1 atom stereocenters. The summed E-state index contributed by atoms with van der Waals surface area (Å²) in [5, 5.41) is 2.30. The van der Waals surface area contributed by atoms with Crippen LogP contribution in [0.25, 0.3) is 0 Å². The Morgan fingerprint density at radius 1 is 1.67 bits per heavy atom. The summed E-state index contributed by atoms with van der Waals surface area (Å²) in [5.74, 6) is 0. The molecule has 0 fully saturated rings. The second kappa shape index (κ2) is 2.21. The molecule has 1 heterocycles. The third kappa shape index (κ3) is 1.90. The number of alkyl halides is 1. The molecule has 50 valence electrons. The fraction of sp³-hybridized carbons (Fsp3) is 0.200. The van der Waals surface area contributed by atoms with Gasteiger partial charge >= 0.3 is 0 Å². The van der Waals surface area contributed by atoms with Gasteiger partial charge in [-0.05, 0) is 12.2 Å². The summed E-state index contributed by atoms with van der Waals surface area (Å²) in [7, 11) is 0. The molecular formula is C5H6Cl2N2. The summed E-state index contributed by atoms with van der Waals surface area (Å²) in [4.78, 5) is 0. The second-order valence-corrected chi connectivity index (χ2v) is 2.84. The van der Waals surface area contributed by atoms with E-state index in [1.54, 1.807) is 18.4 Å². The van der Waals surface area contributed by atoms with E-state index in [1.807, 2.05) is 0 Å². The van der Waals surface area contributed by atoms with Crippen molar-refractivity contribution in [1.29, 1.82) is 0 Å². The maximum Gasteiger partial charge on any atom is 0.183 e. The fourth-order valence-electron chi connectivity index (χ4n) is 0.477. The Morgan fingerprint density at radius 3 is 2.67 bits per heavy atom. The molecule has 9 heavy (non-hydrogen) atoms. The van der Waals surface area contributed by atoms with Crippen LogP contribution in [-0.4, -0.2) is 5.12 Å². The van der Waals surface area contributed by atoms with Gasteiger partial charge in [-0.15, -0.1) is 0 Å². The molecule has 1 aliphatic rings. The third-order valence-corrected chi connectivity index (χ3v) is 1.39. The number of hydrogen-bond donors (Lipinski definition) is 2. The van der Waals surface area contributed by atoms with Gasteiger partial charge in [0.05, 0.1) is 5.03 Å². The Labute approximate surface area is 63.3 Å². The zero-order chi connectivity index (χ0) is 6.91. The van der Waals surface area contributed by atoms with Gasteiger partial charge < -0.3 is 5.32 Å². The van der Waals surface area contributed by atoms with Crippen molar-refractivity contribution in [3.05, 3.63) is 23.4 Å². The lowest BCUT2D eigenvalue weighted by molar-refractivity contribution is 0.651. The van der Waals surface area contributed by atoms with Gasteiger partial charge in [0, 0.05) is 6.20 Å². The summed E-state index contributed by atoms with van der Waals surface area (Å²) in [6.07, 6.45) is 4.77. The molecule has 2 nitrogen and oxygen atoms in total. The van der Waals surface area contributed by atoms with Gasteiger partial charge in [0.1, 0.15) is 0 Å². The molecule has 0 radical (unpaired) electrons. The summed E-state index contributed by atoms with van der Waals surface area (Å²) in [6, 6.07) is 0. The first-order valence-corrected chi connectivity index (χ1v) is 3.16. The number of nitrogens with one attached hydrogen (secondary N) is 1. The molecule has 0 aromatic carbocycles. The van der Waals surface area contributed by atoms with Crippen molar-refractivity contribution in [2.45, 2.75) is 5.12 Å². The van der Waals surface area contributed by atoms with Gasteiger partial charge in [0.25, 0.3) is 0 Å². The van der Waals surface area contributed by atoms with Gasteiger partial charge in [-0.3, -0.25) is 5.73 Å². The fourth-order valence-corrected chi connectivity index (χ4v) is 0.712. The Balaban J connectivity index is 2.70. The Hall–Kier alpha value is -0.180. The molecule has 0 aliphatic carbocycles. The second-order valence-electron chi connectivity index (χ2n) is 1.77. The van der Waals surface area contributed by atoms with Crippen LogP contribution in [0, 0.1) is 0 Å². The van der Waals surface area contributed by atoms with Crippen molar-refractivity contribution in [1.82, 2.24) is 5.32 Å². The molecule has 4 heteroatoms. The van der Waals surface area contributed by atoms with E-state index in [4.69, 9.17) is 28.9 Å². The van der Waals surface area contributed by atoms with Crippen LogP contribution in [0.2, 0.25) is 0 Å². The quantitative estimate of drug-likeness (QED) is 0.416. The van der Waals surface area contributed by atoms with E-state index in [1.165, 1.54) is 0 Å². The largest absolute Gasteiger partial charge is 0.356 e. The number of hydrogen-bond acceptors (Lipinski definition) is 2. The smallest absolute Gasteiger partial charge is 0.183 e. The van der Waals surface area contributed by atoms with E-state index in [0.29, 0.717) is 5.03 Å². The summed E-state index contributed by atoms with van der Waals surface area (Å²) < 4.78 is 0. The third-order valence-electron chi connectivity index (χ3n) is 0.916. The van der Waals surface area contributed by atoms with Crippen molar-refractivity contribution in [2.75, 3.05) is 0 Å². The van der Waals surface area contributed by atoms with Crippen molar-refractivity contribution in [3.8, 4) is 0 Å². The average Bonchev–Trinajstić information content (AvgIpc) is 1.78. The minimum Gasteiger partial charge on any atom is -0.356 e. The van der Waals surface area contributed by atoms with Crippen LogP contribution < -0.4 is 11.1 Å². The lowest BCUT2D eigenvalue weighted by atomic mass is 10.3. The predicted molar refractivity (Wildman–Crippen MR) is 39.0 cm³/mol. The zero-order valence-corrected chi connectivity index (χ0v) is 6.08. The molecule has 0 amide bonds. The summed E-state index contributed by atoms with van der Waals surface area (Å²) >= 11 is 11.2. The number of nitrogens with two attached hydrogens (primary N) is 1. The van der Waals surface area contributed by atoms with Crippen LogP contribution >= 0.6 is 23.2 Å². The maximum absolute atomic E-state index is 5.61. The highest BCUT2D eigenvalue weighted by Crippen LogP contribution is 2.14. The van der Waals surface area contributed by atoms with Gasteiger partial charge in [-0.2, -0.15) is 0 Å². The van der Waals surface area contributed by atoms with Crippen LogP contribution in [0.5, 0.6) is 0 Å². The monoisotopic (exact) mass is 164 g/mol. The zero-order valence-electron chi connectivity index (χ0n) is 4.57. The van der Waals surface area contributed by atoms with E-state index in [-0.39, 0.29) is 0 Å². The minimum absolute atomic E-state index is 0.594. The number of dihydropyridines is 1. The van der Waals surface area contributed by atoms with Crippen molar-refractivity contribution in [2.24, 2.45) is 5.73 Å². The number of halogens is 2. The molecule has 0 bridgehead atoms. The molecule has 3 N–H and O–H groups in total. The van der Waals surface area contributed by atoms with Crippen LogP contribution in [-0.2, 0) is 0 Å². The normalized spacial score (nSPS) is 33.4. The van der Waals surface area contributed by atoms with Gasteiger partial charge in [0.15, 0.2) is 5.12 Å². The number of allylic oxidation sites excluding steroid dienone is 2. The van der Waals surface area contributed by atoms with Crippen LogP contribution in [0.1, 0.15) is 0 Å². The lowest BCUT2D eigenvalue weighted by Crippen LogP contribution is -2.44. The van der Waals surface area contributed by atoms with E-state index in [2.05, 4.69) is 5.32 Å². The lowest BCUT2D eigenvalue weighted by Gasteiger charge is -2.20. The molecule has 1 unspecified atom stereocenters. The topological polar surface area (TPSA) is 38.0 Å².